The number of carbonyl (C=O) groups excluding carboxylic acids is 17. The standard InChI is InChI=1S/C83H131N19O24/c1-15-45(11)67(102-83(126)68(46(12)16-2)101-77(120)54(33-41(3)4)96-80(123)65(43(7)8)99-74(117)53(30-31-61(106)107)92-71(114)51(85)34-49-25-19-17-20-26-49)82(125)90-47(13)69(112)97-58(40-103)78(121)95-57(37-63(110)111)76(119)94-56(36-62(108)109)72(115)88-39-60(105)91-55(35-50-27-21-18-22-28-50)75(118)93-52(29-23-24-32-84)73(116)89-48(14)70(113)98-66(44(9)10)81(124)100-64(42(5)6)79(122)87-38-59(86)104/h17-22,25-28,41-48,51-58,64-68,103H,15-16,23-24,29-40,84-85H2,1-14H3,(H2,86,104)(H,87,122)(H,88,115)(H,89,116)(H,90,125)(H,91,105)(H,92,114)(H,93,118)(H,94,119)(H,95,121)(H,96,123)(H,97,112)(H,98,113)(H,99,117)(H,100,124)(H,101,120)(H,102,126)(H,106,107)(H,108,109)(H,110,111)/t45-,46-,47-,48-,51-,52-,53-,54-,55-,56-,57-,58-,64-,65-,66-,67-,68-/m0/s1. The first-order valence-corrected chi connectivity index (χ1v) is 42.0. The number of hydrogen-bond donors (Lipinski definition) is 23. The summed E-state index contributed by atoms with van der Waals surface area (Å²) in [6.45, 7) is 19.6. The van der Waals surface area contributed by atoms with Gasteiger partial charge in [-0.3, -0.25) is 95.9 Å². The summed E-state index contributed by atoms with van der Waals surface area (Å²) in [5.74, 6) is -24.8. The number of carbonyl (C=O) groups is 20. The van der Waals surface area contributed by atoms with Crippen molar-refractivity contribution in [1.82, 2.24) is 85.1 Å². The first-order chi connectivity index (χ1) is 59.1. The van der Waals surface area contributed by atoms with E-state index in [4.69, 9.17) is 17.2 Å². The van der Waals surface area contributed by atoms with Gasteiger partial charge in [0, 0.05) is 12.8 Å². The van der Waals surface area contributed by atoms with Crippen molar-refractivity contribution in [3.63, 3.8) is 0 Å². The van der Waals surface area contributed by atoms with E-state index in [1.54, 1.807) is 144 Å². The predicted molar refractivity (Wildman–Crippen MR) is 456 cm³/mol. The molecule has 0 aliphatic heterocycles. The van der Waals surface area contributed by atoms with E-state index in [2.05, 4.69) is 74.4 Å². The zero-order valence-corrected chi connectivity index (χ0v) is 73.9. The van der Waals surface area contributed by atoms with E-state index in [0.717, 1.165) is 12.5 Å². The summed E-state index contributed by atoms with van der Waals surface area (Å²) in [5, 5.41) is 78.6. The third kappa shape index (κ3) is 39.7. The highest BCUT2D eigenvalue weighted by Crippen LogP contribution is 2.18. The Kier molecular flexibility index (Phi) is 48.7. The Morgan fingerprint density at radius 1 is 0.349 bits per heavy atom. The Bertz CT molecular complexity index is 4040. The molecule has 2 aromatic rings. The minimum Gasteiger partial charge on any atom is -0.481 e. The summed E-state index contributed by atoms with van der Waals surface area (Å²) in [7, 11) is 0. The zero-order valence-electron chi connectivity index (χ0n) is 73.9. The van der Waals surface area contributed by atoms with E-state index in [9.17, 15) is 116 Å². The number of nitrogens with two attached hydrogens (primary N) is 3. The summed E-state index contributed by atoms with van der Waals surface area (Å²) < 4.78 is 0. The van der Waals surface area contributed by atoms with E-state index < -0.39 is 278 Å². The Morgan fingerprint density at radius 2 is 0.706 bits per heavy atom. The molecule has 0 saturated carbocycles. The molecule has 17 amide bonds. The molecular formula is C83H131N19O24. The normalized spacial score (nSPS) is 15.2. The van der Waals surface area contributed by atoms with Crippen LogP contribution in [0.15, 0.2) is 60.7 Å². The molecule has 702 valence electrons. The van der Waals surface area contributed by atoms with Gasteiger partial charge in [0.1, 0.15) is 84.6 Å². The summed E-state index contributed by atoms with van der Waals surface area (Å²) in [6.07, 6.45) is -2.51. The third-order valence-corrected chi connectivity index (χ3v) is 20.3. The molecule has 0 saturated heterocycles. The van der Waals surface area contributed by atoms with Crippen LogP contribution in [0, 0.1) is 35.5 Å². The van der Waals surface area contributed by atoms with Crippen LogP contribution in [0.3, 0.4) is 0 Å². The number of aliphatic hydroxyl groups excluding tert-OH is 1. The van der Waals surface area contributed by atoms with Crippen LogP contribution in [0.2, 0.25) is 0 Å². The fourth-order valence-corrected chi connectivity index (χ4v) is 12.5. The smallest absolute Gasteiger partial charge is 0.305 e. The number of aliphatic hydroxyl groups is 1. The highest BCUT2D eigenvalue weighted by atomic mass is 16.4. The first kappa shape index (κ1) is 110. The number of unbranched alkanes of at least 4 members (excludes halogenated alkanes) is 1. The van der Waals surface area contributed by atoms with Gasteiger partial charge < -0.3 is 123 Å². The number of rotatable bonds is 58. The lowest BCUT2D eigenvalue weighted by Crippen LogP contribution is -2.62. The van der Waals surface area contributed by atoms with Gasteiger partial charge >= 0.3 is 17.9 Å². The maximum Gasteiger partial charge on any atom is 0.305 e. The molecular weight excluding hydrogens is 1650 g/mol. The van der Waals surface area contributed by atoms with Gasteiger partial charge in [0.2, 0.25) is 100 Å². The number of carboxylic acids is 3. The van der Waals surface area contributed by atoms with E-state index in [0.29, 0.717) is 12.0 Å². The van der Waals surface area contributed by atoms with Gasteiger partial charge in [-0.25, -0.2) is 0 Å². The molecule has 0 aliphatic carbocycles. The summed E-state index contributed by atoms with van der Waals surface area (Å²) in [6, 6.07) is -5.94. The van der Waals surface area contributed by atoms with Crippen LogP contribution in [0.4, 0.5) is 0 Å². The quantitative estimate of drug-likeness (QED) is 0.0277. The molecule has 0 spiro atoms. The molecule has 0 radical (unpaired) electrons. The Labute approximate surface area is 732 Å². The highest BCUT2D eigenvalue weighted by molar-refractivity contribution is 6.02. The fraction of sp³-hybridized carbons (Fsp3) is 0.614. The van der Waals surface area contributed by atoms with Crippen molar-refractivity contribution in [3.8, 4) is 0 Å². The monoisotopic (exact) mass is 1780 g/mol. The molecule has 43 heteroatoms. The maximum atomic E-state index is 14.5. The SMILES string of the molecule is CC[C@H](C)[C@H](NC(=O)[C@H](CC(C)C)NC(=O)[C@@H](NC(=O)[C@H](CCC(=O)O)NC(=O)[C@@H](N)Cc1ccccc1)C(C)C)C(=O)N[C@H](C(=O)N[C@@H](C)C(=O)N[C@@H](CO)C(=O)N[C@@H](CC(=O)O)C(=O)N[C@@H](CC(=O)O)C(=O)NCC(=O)N[C@@H](Cc1ccccc1)C(=O)N[C@@H](CCCCN)C(=O)N[C@@H](C)C(=O)N[C@H](C(=O)N[C@H](C(=O)NCC(N)=O)C(C)C)C(C)C)[C@@H](C)CC. The zero-order chi connectivity index (χ0) is 95.5. The molecule has 2 aromatic carbocycles. The van der Waals surface area contributed by atoms with E-state index in [1.807, 2.05) is 10.6 Å². The minimum absolute atomic E-state index is 0.00392. The summed E-state index contributed by atoms with van der Waals surface area (Å²) in [4.78, 5) is 269. The van der Waals surface area contributed by atoms with Crippen LogP contribution >= 0.6 is 0 Å². The average Bonchev–Trinajstić information content (AvgIpc) is 0.937. The molecule has 126 heavy (non-hydrogen) atoms. The van der Waals surface area contributed by atoms with Gasteiger partial charge in [-0.2, -0.15) is 0 Å². The largest absolute Gasteiger partial charge is 0.481 e. The molecule has 0 heterocycles. The second-order valence-corrected chi connectivity index (χ2v) is 32.5. The Balaban J connectivity index is 2.32. The van der Waals surface area contributed by atoms with Gasteiger partial charge in [-0.15, -0.1) is 0 Å². The summed E-state index contributed by atoms with van der Waals surface area (Å²) in [5.41, 5.74) is 18.3. The second-order valence-electron chi connectivity index (χ2n) is 32.5. The molecule has 0 bridgehead atoms. The predicted octanol–water partition coefficient (Wildman–Crippen LogP) is -4.61. The molecule has 0 fully saturated rings. The third-order valence-electron chi connectivity index (χ3n) is 20.3. The van der Waals surface area contributed by atoms with Crippen LogP contribution in [-0.2, 0) is 109 Å². The van der Waals surface area contributed by atoms with E-state index in [-0.39, 0.29) is 63.8 Å². The van der Waals surface area contributed by atoms with Crippen molar-refractivity contribution in [2.75, 3.05) is 26.2 Å². The van der Waals surface area contributed by atoms with E-state index >= 15 is 0 Å². The number of primary amides is 1. The van der Waals surface area contributed by atoms with Crippen molar-refractivity contribution in [2.24, 2.45) is 52.7 Å². The lowest BCUT2D eigenvalue weighted by atomic mass is 9.94. The van der Waals surface area contributed by atoms with Gasteiger partial charge in [0.25, 0.3) is 0 Å². The summed E-state index contributed by atoms with van der Waals surface area (Å²) >= 11 is 0. The fourth-order valence-electron chi connectivity index (χ4n) is 12.5. The Morgan fingerprint density at radius 3 is 1.18 bits per heavy atom. The number of hydrogen-bond acceptors (Lipinski definition) is 23. The molecule has 26 N–H and O–H groups in total. The lowest BCUT2D eigenvalue weighted by Gasteiger charge is -2.31. The molecule has 0 aliphatic rings. The topological polar surface area (TPSA) is 693 Å². The maximum absolute atomic E-state index is 14.5. The van der Waals surface area contributed by atoms with E-state index in [1.165, 1.54) is 6.92 Å². The molecule has 0 aromatic heterocycles. The number of amides is 17. The average molecular weight is 1780 g/mol. The second kappa shape index (κ2) is 55.8. The van der Waals surface area contributed by atoms with Crippen LogP contribution in [-0.4, -0.2) is 256 Å². The van der Waals surface area contributed by atoms with Gasteiger partial charge in [-0.05, 0) is 106 Å². The lowest BCUT2D eigenvalue weighted by molar-refractivity contribution is -0.143. The molecule has 43 nitrogen and oxygen atoms in total. The number of carboxylic acid groups (broad SMARTS) is 3. The van der Waals surface area contributed by atoms with Crippen LogP contribution in [0.1, 0.15) is 172 Å². The van der Waals surface area contributed by atoms with Gasteiger partial charge in [0.05, 0.1) is 38.6 Å². The molecule has 17 atom stereocenters. The van der Waals surface area contributed by atoms with Crippen molar-refractivity contribution in [3.05, 3.63) is 71.8 Å². The number of benzene rings is 2. The first-order valence-electron chi connectivity index (χ1n) is 42.0. The number of aliphatic carboxylic acids is 3. The van der Waals surface area contributed by atoms with Gasteiger partial charge in [-0.1, -0.05) is 157 Å². The van der Waals surface area contributed by atoms with Crippen molar-refractivity contribution in [1.29, 1.82) is 0 Å². The molecule has 2 rings (SSSR count). The highest BCUT2D eigenvalue weighted by Gasteiger charge is 2.41. The van der Waals surface area contributed by atoms with Crippen LogP contribution in [0.25, 0.3) is 0 Å². The van der Waals surface area contributed by atoms with Crippen molar-refractivity contribution >= 4 is 118 Å². The minimum atomic E-state index is -2.19. The van der Waals surface area contributed by atoms with Crippen LogP contribution in [0.5, 0.6) is 0 Å². The van der Waals surface area contributed by atoms with Gasteiger partial charge in [0.15, 0.2) is 0 Å². The van der Waals surface area contributed by atoms with Crippen molar-refractivity contribution < 1.29 is 116 Å². The molecule has 0 unspecified atom stereocenters. The number of nitrogens with one attached hydrogen (secondary N) is 16. The van der Waals surface area contributed by atoms with Crippen LogP contribution < -0.4 is 102 Å². The Hall–Kier alpha value is -12.3. The van der Waals surface area contributed by atoms with Crippen molar-refractivity contribution in [2.45, 2.75) is 265 Å².